The summed E-state index contributed by atoms with van der Waals surface area (Å²) in [6.07, 6.45) is 3.44. The number of aromatic nitrogens is 1. The van der Waals surface area contributed by atoms with Crippen LogP contribution < -0.4 is 0 Å². The van der Waals surface area contributed by atoms with Gasteiger partial charge in [-0.3, -0.25) is 0 Å². The fourth-order valence-electron chi connectivity index (χ4n) is 3.23. The van der Waals surface area contributed by atoms with Crippen LogP contribution in [0.4, 0.5) is 0 Å². The molecule has 1 aliphatic heterocycles. The molecule has 1 fully saturated rings. The predicted octanol–water partition coefficient (Wildman–Crippen LogP) is 4.20. The van der Waals surface area contributed by atoms with Crippen molar-refractivity contribution in [3.05, 3.63) is 42.5 Å². The van der Waals surface area contributed by atoms with E-state index in [1.165, 1.54) is 22.7 Å². The third-order valence-electron chi connectivity index (χ3n) is 4.14. The average Bonchev–Trinajstić information content (AvgIpc) is 2.81. The molecule has 1 N–H and O–H groups in total. The molecular weight excluding hydrogens is 250 g/mol. The van der Waals surface area contributed by atoms with Crippen LogP contribution in [0.5, 0.6) is 5.75 Å². The van der Waals surface area contributed by atoms with E-state index in [1.807, 2.05) is 12.1 Å². The number of rotatable bonds is 1. The number of fused-ring (bicyclic) bond motifs is 3. The fraction of sp³-hybridized carbons (Fsp3) is 0.294. The molecule has 3 heteroatoms. The topological polar surface area (TPSA) is 34.4 Å². The van der Waals surface area contributed by atoms with Gasteiger partial charge in [0.2, 0.25) is 0 Å². The summed E-state index contributed by atoms with van der Waals surface area (Å²) >= 11 is 0. The van der Waals surface area contributed by atoms with Crippen molar-refractivity contribution in [1.82, 2.24) is 4.57 Å². The van der Waals surface area contributed by atoms with Crippen molar-refractivity contribution in [3.63, 3.8) is 0 Å². The highest BCUT2D eigenvalue weighted by Gasteiger charge is 2.21. The van der Waals surface area contributed by atoms with E-state index < -0.39 is 0 Å². The van der Waals surface area contributed by atoms with Gasteiger partial charge in [0.1, 0.15) is 12.0 Å². The van der Waals surface area contributed by atoms with E-state index in [-0.39, 0.29) is 6.23 Å². The van der Waals surface area contributed by atoms with Crippen molar-refractivity contribution in [1.29, 1.82) is 0 Å². The third kappa shape index (κ3) is 1.70. The van der Waals surface area contributed by atoms with Crippen LogP contribution in [0.15, 0.2) is 42.5 Å². The Labute approximate surface area is 117 Å². The molecule has 0 spiro atoms. The minimum absolute atomic E-state index is 0.0768. The van der Waals surface area contributed by atoms with Gasteiger partial charge in [0, 0.05) is 23.4 Å². The van der Waals surface area contributed by atoms with E-state index in [2.05, 4.69) is 28.8 Å². The Morgan fingerprint density at radius 2 is 1.85 bits per heavy atom. The number of hydrogen-bond acceptors (Lipinski definition) is 2. The van der Waals surface area contributed by atoms with Gasteiger partial charge in [0.25, 0.3) is 0 Å². The highest BCUT2D eigenvalue weighted by Crippen LogP contribution is 2.36. The molecule has 1 atom stereocenters. The monoisotopic (exact) mass is 267 g/mol. The van der Waals surface area contributed by atoms with E-state index in [4.69, 9.17) is 4.74 Å². The normalized spacial score (nSPS) is 19.7. The van der Waals surface area contributed by atoms with E-state index in [9.17, 15) is 5.11 Å². The average molecular weight is 267 g/mol. The Balaban J connectivity index is 2.05. The molecule has 3 nitrogen and oxygen atoms in total. The lowest BCUT2D eigenvalue weighted by Crippen LogP contribution is -2.17. The van der Waals surface area contributed by atoms with E-state index >= 15 is 0 Å². The Morgan fingerprint density at radius 1 is 1.00 bits per heavy atom. The van der Waals surface area contributed by atoms with Crippen LogP contribution in [-0.4, -0.2) is 16.3 Å². The number of phenols is 1. The van der Waals surface area contributed by atoms with Gasteiger partial charge in [0.05, 0.1) is 11.0 Å². The minimum atomic E-state index is 0.0768. The Hall–Kier alpha value is -2.00. The number of hydrogen-bond donors (Lipinski definition) is 1. The first-order valence-electron chi connectivity index (χ1n) is 7.18. The summed E-state index contributed by atoms with van der Waals surface area (Å²) in [6.45, 7) is 0.817. The molecule has 0 amide bonds. The first-order valence-corrected chi connectivity index (χ1v) is 7.18. The van der Waals surface area contributed by atoms with Gasteiger partial charge in [-0.25, -0.2) is 0 Å². The molecule has 2 heterocycles. The summed E-state index contributed by atoms with van der Waals surface area (Å²) in [7, 11) is 0. The van der Waals surface area contributed by atoms with Crippen molar-refractivity contribution in [3.8, 4) is 5.75 Å². The van der Waals surface area contributed by atoms with Crippen molar-refractivity contribution in [2.24, 2.45) is 0 Å². The van der Waals surface area contributed by atoms with Crippen LogP contribution in [0, 0.1) is 0 Å². The van der Waals surface area contributed by atoms with E-state index in [0.29, 0.717) is 5.75 Å². The number of phenolic OH excluding ortho intramolecular Hbond substituents is 1. The second-order valence-electron chi connectivity index (χ2n) is 5.41. The molecule has 1 aliphatic rings. The second-order valence-corrected chi connectivity index (χ2v) is 5.41. The van der Waals surface area contributed by atoms with Crippen LogP contribution >= 0.6 is 0 Å². The molecule has 0 bridgehead atoms. The van der Waals surface area contributed by atoms with Gasteiger partial charge in [-0.05, 0) is 37.5 Å². The highest BCUT2D eigenvalue weighted by molar-refractivity contribution is 6.08. The molecule has 1 unspecified atom stereocenters. The van der Waals surface area contributed by atoms with Gasteiger partial charge in [-0.2, -0.15) is 0 Å². The molecule has 0 aliphatic carbocycles. The highest BCUT2D eigenvalue weighted by atomic mass is 16.5. The summed E-state index contributed by atoms with van der Waals surface area (Å²) in [5.74, 6) is 0.303. The van der Waals surface area contributed by atoms with Gasteiger partial charge in [-0.1, -0.05) is 18.2 Å². The maximum absolute atomic E-state index is 9.82. The molecule has 1 aromatic heterocycles. The Morgan fingerprint density at radius 3 is 2.70 bits per heavy atom. The molecule has 4 rings (SSSR count). The van der Waals surface area contributed by atoms with Crippen LogP contribution in [0.2, 0.25) is 0 Å². The lowest BCUT2D eigenvalue weighted by atomic mass is 10.1. The van der Waals surface area contributed by atoms with Gasteiger partial charge >= 0.3 is 0 Å². The smallest absolute Gasteiger partial charge is 0.134 e. The zero-order chi connectivity index (χ0) is 13.5. The molecule has 0 radical (unpaired) electrons. The summed E-state index contributed by atoms with van der Waals surface area (Å²) in [4.78, 5) is 0. The van der Waals surface area contributed by atoms with Crippen LogP contribution in [0.1, 0.15) is 25.5 Å². The van der Waals surface area contributed by atoms with Crippen LogP contribution in [0.25, 0.3) is 21.8 Å². The summed E-state index contributed by atoms with van der Waals surface area (Å²) in [5, 5.41) is 12.2. The van der Waals surface area contributed by atoms with E-state index in [1.54, 1.807) is 6.07 Å². The van der Waals surface area contributed by atoms with Crippen molar-refractivity contribution < 1.29 is 9.84 Å². The Bertz CT molecular complexity index is 769. The Kier molecular flexibility index (Phi) is 2.67. The zero-order valence-electron chi connectivity index (χ0n) is 11.2. The minimum Gasteiger partial charge on any atom is -0.508 e. The first-order chi connectivity index (χ1) is 9.84. The van der Waals surface area contributed by atoms with Gasteiger partial charge < -0.3 is 14.4 Å². The maximum atomic E-state index is 9.82. The molecule has 2 aromatic carbocycles. The summed E-state index contributed by atoms with van der Waals surface area (Å²) < 4.78 is 8.20. The molecule has 0 saturated carbocycles. The summed E-state index contributed by atoms with van der Waals surface area (Å²) in [5.41, 5.74) is 2.23. The molecule has 1 saturated heterocycles. The standard InChI is InChI=1S/C17H17NO2/c19-12-8-9-14-13-5-1-2-6-15(13)18(16(14)11-12)17-7-3-4-10-20-17/h1-2,5-6,8-9,11,17,19H,3-4,7,10H2. The quantitative estimate of drug-likeness (QED) is 0.717. The van der Waals surface area contributed by atoms with Crippen molar-refractivity contribution >= 4 is 21.8 Å². The van der Waals surface area contributed by atoms with Crippen molar-refractivity contribution in [2.75, 3.05) is 6.61 Å². The van der Waals surface area contributed by atoms with Gasteiger partial charge in [-0.15, -0.1) is 0 Å². The van der Waals surface area contributed by atoms with Gasteiger partial charge in [0.15, 0.2) is 0 Å². The molecular formula is C17H17NO2. The van der Waals surface area contributed by atoms with E-state index in [0.717, 1.165) is 25.0 Å². The maximum Gasteiger partial charge on any atom is 0.134 e. The fourth-order valence-corrected chi connectivity index (χ4v) is 3.23. The lowest BCUT2D eigenvalue weighted by molar-refractivity contribution is -0.0267. The van der Waals surface area contributed by atoms with Crippen LogP contribution in [-0.2, 0) is 4.74 Å². The molecule has 102 valence electrons. The predicted molar refractivity (Wildman–Crippen MR) is 79.9 cm³/mol. The first kappa shape index (κ1) is 11.8. The SMILES string of the molecule is Oc1ccc2c3ccccc3n(C3CCCCO3)c2c1. The van der Waals surface area contributed by atoms with Crippen LogP contribution in [0.3, 0.4) is 0 Å². The second kappa shape index (κ2) is 4.53. The number of aromatic hydroxyl groups is 1. The number of para-hydroxylation sites is 1. The molecule has 20 heavy (non-hydrogen) atoms. The number of nitrogens with zero attached hydrogens (tertiary/aromatic N) is 1. The number of ether oxygens (including phenoxy) is 1. The number of benzene rings is 2. The third-order valence-corrected chi connectivity index (χ3v) is 4.14. The summed E-state index contributed by atoms with van der Waals surface area (Å²) in [6, 6.07) is 14.0. The zero-order valence-corrected chi connectivity index (χ0v) is 11.2. The largest absolute Gasteiger partial charge is 0.508 e. The lowest BCUT2D eigenvalue weighted by Gasteiger charge is -2.25. The van der Waals surface area contributed by atoms with Crippen molar-refractivity contribution in [2.45, 2.75) is 25.5 Å². The molecule has 3 aromatic rings.